The molecule has 1 aromatic rings. The van der Waals surface area contributed by atoms with E-state index in [0.29, 0.717) is 12.5 Å². The number of hydrogen-bond donors (Lipinski definition) is 2. The summed E-state index contributed by atoms with van der Waals surface area (Å²) in [4.78, 5) is 24.4. The summed E-state index contributed by atoms with van der Waals surface area (Å²) in [6.07, 6.45) is 3.51. The number of hydrogen-bond acceptors (Lipinski definition) is 2. The van der Waals surface area contributed by atoms with Crippen LogP contribution in [0.15, 0.2) is 24.3 Å². The van der Waals surface area contributed by atoms with Gasteiger partial charge in [-0.1, -0.05) is 32.4 Å². The maximum absolute atomic E-state index is 13.6. The molecule has 0 aromatic heterocycles. The quantitative estimate of drug-likeness (QED) is 0.848. The van der Waals surface area contributed by atoms with Crippen LogP contribution in [-0.4, -0.2) is 24.4 Å². The van der Waals surface area contributed by atoms with Crippen LogP contribution >= 0.6 is 0 Å². The van der Waals surface area contributed by atoms with Gasteiger partial charge >= 0.3 is 0 Å². The third-order valence-corrected chi connectivity index (χ3v) is 4.14. The average Bonchev–Trinajstić information content (AvgIpc) is 2.42. The van der Waals surface area contributed by atoms with E-state index in [-0.39, 0.29) is 17.4 Å². The van der Waals surface area contributed by atoms with E-state index in [4.69, 9.17) is 0 Å². The fraction of sp³-hybridized carbons (Fsp3) is 0.529. The Morgan fingerprint density at radius 2 is 1.95 bits per heavy atom. The molecule has 0 unspecified atom stereocenters. The van der Waals surface area contributed by atoms with Gasteiger partial charge in [-0.25, -0.2) is 4.39 Å². The van der Waals surface area contributed by atoms with E-state index in [2.05, 4.69) is 10.6 Å². The van der Waals surface area contributed by atoms with Gasteiger partial charge in [-0.15, -0.1) is 0 Å². The molecule has 2 rings (SSSR count). The van der Waals surface area contributed by atoms with Crippen molar-refractivity contribution in [3.8, 4) is 0 Å². The smallest absolute Gasteiger partial charge is 0.254 e. The van der Waals surface area contributed by atoms with Gasteiger partial charge in [-0.3, -0.25) is 9.59 Å². The molecule has 5 heteroatoms. The molecule has 0 saturated heterocycles. The Kier molecular flexibility index (Phi) is 5.52. The molecular weight excluding hydrogens is 283 g/mol. The van der Waals surface area contributed by atoms with Crippen LogP contribution in [-0.2, 0) is 4.79 Å². The first-order valence-electron chi connectivity index (χ1n) is 7.82. The van der Waals surface area contributed by atoms with Crippen molar-refractivity contribution in [2.24, 2.45) is 11.8 Å². The first-order chi connectivity index (χ1) is 10.5. The molecule has 0 aliphatic heterocycles. The summed E-state index contributed by atoms with van der Waals surface area (Å²) in [5.74, 6) is -0.865. The van der Waals surface area contributed by atoms with Crippen LogP contribution in [0.25, 0.3) is 0 Å². The molecule has 1 saturated carbocycles. The second-order valence-corrected chi connectivity index (χ2v) is 6.22. The third kappa shape index (κ3) is 4.06. The molecule has 22 heavy (non-hydrogen) atoms. The van der Waals surface area contributed by atoms with Gasteiger partial charge < -0.3 is 10.6 Å². The predicted octanol–water partition coefficient (Wildman–Crippen LogP) is 2.50. The lowest BCUT2D eigenvalue weighted by atomic mass is 9.85. The fourth-order valence-electron chi connectivity index (χ4n) is 2.45. The lowest BCUT2D eigenvalue weighted by molar-refractivity contribution is -0.124. The largest absolute Gasteiger partial charge is 0.354 e. The molecule has 2 amide bonds. The summed E-state index contributed by atoms with van der Waals surface area (Å²) >= 11 is 0. The van der Waals surface area contributed by atoms with Gasteiger partial charge in [0.25, 0.3) is 5.91 Å². The Morgan fingerprint density at radius 1 is 1.27 bits per heavy atom. The lowest BCUT2D eigenvalue weighted by Crippen LogP contribution is -2.51. The minimum absolute atomic E-state index is 0.0417. The second-order valence-electron chi connectivity index (χ2n) is 6.22. The SMILES string of the molecule is CC(C)[C@H](NC(=O)c1ccccc1F)C(=O)NCC1CCC1. The van der Waals surface area contributed by atoms with Gasteiger partial charge in [0.15, 0.2) is 0 Å². The number of halogens is 1. The van der Waals surface area contributed by atoms with Crippen molar-refractivity contribution in [3.05, 3.63) is 35.6 Å². The van der Waals surface area contributed by atoms with Crippen molar-refractivity contribution in [1.29, 1.82) is 0 Å². The van der Waals surface area contributed by atoms with E-state index in [1.165, 1.54) is 24.6 Å². The summed E-state index contributed by atoms with van der Waals surface area (Å²) in [6.45, 7) is 4.36. The Bertz CT molecular complexity index is 541. The summed E-state index contributed by atoms with van der Waals surface area (Å²) in [5, 5.41) is 5.53. The molecule has 120 valence electrons. The standard InChI is InChI=1S/C17H23FN2O2/c1-11(2)15(17(22)19-10-12-6-5-7-12)20-16(21)13-8-3-4-9-14(13)18/h3-4,8-9,11-12,15H,5-7,10H2,1-2H3,(H,19,22)(H,20,21)/t15-/m0/s1. The van der Waals surface area contributed by atoms with Crippen molar-refractivity contribution in [2.45, 2.75) is 39.2 Å². The van der Waals surface area contributed by atoms with E-state index in [1.807, 2.05) is 13.8 Å². The highest BCUT2D eigenvalue weighted by Crippen LogP contribution is 2.25. The molecule has 0 spiro atoms. The number of amides is 2. The van der Waals surface area contributed by atoms with Gasteiger partial charge in [0.05, 0.1) is 5.56 Å². The molecule has 1 fully saturated rings. The van der Waals surface area contributed by atoms with Crippen LogP contribution in [0.3, 0.4) is 0 Å². The number of carbonyl (C=O) groups excluding carboxylic acids is 2. The number of benzene rings is 1. The van der Waals surface area contributed by atoms with Crippen molar-refractivity contribution < 1.29 is 14.0 Å². The van der Waals surface area contributed by atoms with Gasteiger partial charge in [-0.2, -0.15) is 0 Å². The molecule has 0 radical (unpaired) electrons. The minimum Gasteiger partial charge on any atom is -0.354 e. The summed E-state index contributed by atoms with van der Waals surface area (Å²) in [5.41, 5.74) is -0.0417. The molecule has 1 atom stereocenters. The van der Waals surface area contributed by atoms with Crippen LogP contribution in [0.5, 0.6) is 0 Å². The second kappa shape index (κ2) is 7.38. The summed E-state index contributed by atoms with van der Waals surface area (Å²) in [6, 6.07) is 5.10. The van der Waals surface area contributed by atoms with Crippen molar-refractivity contribution in [3.63, 3.8) is 0 Å². The molecule has 2 N–H and O–H groups in total. The van der Waals surface area contributed by atoms with E-state index in [9.17, 15) is 14.0 Å². The zero-order chi connectivity index (χ0) is 16.1. The highest BCUT2D eigenvalue weighted by Gasteiger charge is 2.26. The van der Waals surface area contributed by atoms with Gasteiger partial charge in [0, 0.05) is 6.54 Å². The third-order valence-electron chi connectivity index (χ3n) is 4.14. The maximum Gasteiger partial charge on any atom is 0.254 e. The van der Waals surface area contributed by atoms with E-state index < -0.39 is 17.8 Å². The molecule has 1 aliphatic rings. The van der Waals surface area contributed by atoms with Gasteiger partial charge in [0.2, 0.25) is 5.91 Å². The van der Waals surface area contributed by atoms with Crippen molar-refractivity contribution in [2.75, 3.05) is 6.54 Å². The van der Waals surface area contributed by atoms with Gasteiger partial charge in [0.1, 0.15) is 11.9 Å². The first-order valence-corrected chi connectivity index (χ1v) is 7.82. The summed E-state index contributed by atoms with van der Waals surface area (Å²) in [7, 11) is 0. The average molecular weight is 306 g/mol. The van der Waals surface area contributed by atoms with Gasteiger partial charge in [-0.05, 0) is 36.8 Å². The van der Waals surface area contributed by atoms with Crippen LogP contribution in [0.4, 0.5) is 4.39 Å². The predicted molar refractivity (Wildman–Crippen MR) is 82.8 cm³/mol. The highest BCUT2D eigenvalue weighted by atomic mass is 19.1. The normalized spacial score (nSPS) is 16.0. The van der Waals surface area contributed by atoms with Crippen LogP contribution in [0.1, 0.15) is 43.5 Å². The fourth-order valence-corrected chi connectivity index (χ4v) is 2.45. The maximum atomic E-state index is 13.6. The molecule has 4 nitrogen and oxygen atoms in total. The number of carbonyl (C=O) groups is 2. The Morgan fingerprint density at radius 3 is 2.50 bits per heavy atom. The first kappa shape index (κ1) is 16.5. The van der Waals surface area contributed by atoms with Crippen LogP contribution in [0, 0.1) is 17.7 Å². The zero-order valence-corrected chi connectivity index (χ0v) is 13.1. The molecular formula is C17H23FN2O2. The van der Waals surface area contributed by atoms with Crippen molar-refractivity contribution in [1.82, 2.24) is 10.6 Å². The number of nitrogens with one attached hydrogen (secondary N) is 2. The van der Waals surface area contributed by atoms with E-state index in [1.54, 1.807) is 6.07 Å². The van der Waals surface area contributed by atoms with Crippen molar-refractivity contribution >= 4 is 11.8 Å². The highest BCUT2D eigenvalue weighted by molar-refractivity contribution is 5.97. The topological polar surface area (TPSA) is 58.2 Å². The molecule has 0 heterocycles. The van der Waals surface area contributed by atoms with Crippen LogP contribution < -0.4 is 10.6 Å². The van der Waals surface area contributed by atoms with E-state index in [0.717, 1.165) is 12.8 Å². The Balaban J connectivity index is 1.97. The van der Waals surface area contributed by atoms with E-state index >= 15 is 0 Å². The monoisotopic (exact) mass is 306 g/mol. The molecule has 1 aliphatic carbocycles. The Hall–Kier alpha value is -1.91. The zero-order valence-electron chi connectivity index (χ0n) is 13.1. The summed E-state index contributed by atoms with van der Waals surface area (Å²) < 4.78 is 13.6. The lowest BCUT2D eigenvalue weighted by Gasteiger charge is -2.27. The molecule has 0 bridgehead atoms. The molecule has 1 aromatic carbocycles. The van der Waals surface area contributed by atoms with Crippen LogP contribution in [0.2, 0.25) is 0 Å². The number of rotatable bonds is 6. The minimum atomic E-state index is -0.660. The Labute approximate surface area is 130 Å².